The quantitative estimate of drug-likeness (QED) is 0.741. The molecule has 25 heavy (non-hydrogen) atoms. The second kappa shape index (κ2) is 9.27. The van der Waals surface area contributed by atoms with Crippen LogP contribution in [0.2, 0.25) is 0 Å². The first-order chi connectivity index (χ1) is 12.2. The van der Waals surface area contributed by atoms with Crippen molar-refractivity contribution in [1.29, 1.82) is 0 Å². The number of para-hydroxylation sites is 2. The Kier molecular flexibility index (Phi) is 6.76. The molecule has 0 aliphatic rings. The number of hydrogen-bond donors (Lipinski definition) is 1. The normalized spacial score (nSPS) is 10.0. The summed E-state index contributed by atoms with van der Waals surface area (Å²) in [6, 6.07) is 10.2. The smallest absolute Gasteiger partial charge is 0.344 e. The fraction of sp³-hybridized carbons (Fsp3) is 0.278. The second-order valence-electron chi connectivity index (χ2n) is 4.84. The Morgan fingerprint density at radius 2 is 1.80 bits per heavy atom. The van der Waals surface area contributed by atoms with E-state index in [1.807, 2.05) is 6.92 Å². The average Bonchev–Trinajstić information content (AvgIpc) is 2.62. The van der Waals surface area contributed by atoms with Gasteiger partial charge in [-0.15, -0.1) is 0 Å². The first kappa shape index (κ1) is 18.3. The van der Waals surface area contributed by atoms with Gasteiger partial charge in [0.25, 0.3) is 5.91 Å². The van der Waals surface area contributed by atoms with E-state index < -0.39 is 18.5 Å². The highest BCUT2D eigenvalue weighted by atomic mass is 16.5. The van der Waals surface area contributed by atoms with Gasteiger partial charge in [0.05, 0.1) is 18.9 Å². The minimum atomic E-state index is -0.676. The van der Waals surface area contributed by atoms with Crippen molar-refractivity contribution in [1.82, 2.24) is 4.98 Å². The highest BCUT2D eigenvalue weighted by molar-refractivity contribution is 5.97. The van der Waals surface area contributed by atoms with Gasteiger partial charge in [-0.3, -0.25) is 4.79 Å². The molecule has 1 N–H and O–H groups in total. The van der Waals surface area contributed by atoms with Crippen molar-refractivity contribution in [2.75, 3.05) is 25.1 Å². The monoisotopic (exact) mass is 344 g/mol. The molecule has 0 fully saturated rings. The fourth-order valence-corrected chi connectivity index (χ4v) is 2.04. The van der Waals surface area contributed by atoms with Crippen molar-refractivity contribution in [3.8, 4) is 11.6 Å². The summed E-state index contributed by atoms with van der Waals surface area (Å²) in [6.45, 7) is 4.05. The minimum absolute atomic E-state index is 0.173. The Balaban J connectivity index is 1.95. The second-order valence-corrected chi connectivity index (χ2v) is 4.84. The number of nitrogens with one attached hydrogen (secondary N) is 1. The van der Waals surface area contributed by atoms with Crippen molar-refractivity contribution in [3.63, 3.8) is 0 Å². The van der Waals surface area contributed by atoms with Crippen LogP contribution in [0.3, 0.4) is 0 Å². The van der Waals surface area contributed by atoms with E-state index in [1.165, 1.54) is 12.3 Å². The molecular formula is C18H20N2O5. The van der Waals surface area contributed by atoms with Gasteiger partial charge in [0.1, 0.15) is 11.3 Å². The van der Waals surface area contributed by atoms with E-state index in [2.05, 4.69) is 10.3 Å². The number of benzene rings is 1. The molecule has 7 heteroatoms. The summed E-state index contributed by atoms with van der Waals surface area (Å²) in [5, 5.41) is 2.65. The number of esters is 1. The fourth-order valence-electron chi connectivity index (χ4n) is 2.04. The summed E-state index contributed by atoms with van der Waals surface area (Å²) in [5.74, 6) is -0.417. The van der Waals surface area contributed by atoms with Crippen molar-refractivity contribution < 1.29 is 23.8 Å². The lowest BCUT2D eigenvalue weighted by molar-refractivity contribution is -0.119. The molecular weight excluding hydrogens is 324 g/mol. The van der Waals surface area contributed by atoms with Crippen LogP contribution in [0.4, 0.5) is 5.69 Å². The predicted molar refractivity (Wildman–Crippen MR) is 91.9 cm³/mol. The largest absolute Gasteiger partial charge is 0.492 e. The molecule has 0 spiro atoms. The molecule has 0 bridgehead atoms. The number of rotatable bonds is 8. The van der Waals surface area contributed by atoms with Crippen molar-refractivity contribution >= 4 is 17.6 Å². The molecule has 2 rings (SSSR count). The molecule has 1 aromatic heterocycles. The molecule has 0 atom stereocenters. The molecule has 0 unspecified atom stereocenters. The summed E-state index contributed by atoms with van der Waals surface area (Å²) in [5.41, 5.74) is 0.689. The van der Waals surface area contributed by atoms with E-state index in [1.54, 1.807) is 37.3 Å². The average molecular weight is 344 g/mol. The molecule has 0 saturated heterocycles. The first-order valence-corrected chi connectivity index (χ1v) is 7.92. The third-order valence-corrected chi connectivity index (χ3v) is 3.07. The maximum atomic E-state index is 12.1. The number of aromatic nitrogens is 1. The Morgan fingerprint density at radius 1 is 1.04 bits per heavy atom. The number of amides is 1. The minimum Gasteiger partial charge on any atom is -0.492 e. The third kappa shape index (κ3) is 5.20. The van der Waals surface area contributed by atoms with Gasteiger partial charge in [0.15, 0.2) is 6.61 Å². The van der Waals surface area contributed by atoms with Crippen LogP contribution in [0.1, 0.15) is 24.2 Å². The molecule has 0 aliphatic heterocycles. The maximum Gasteiger partial charge on any atom is 0.344 e. The van der Waals surface area contributed by atoms with E-state index in [0.29, 0.717) is 24.7 Å². The molecule has 0 aliphatic carbocycles. The van der Waals surface area contributed by atoms with Crippen LogP contribution in [0.15, 0.2) is 42.6 Å². The predicted octanol–water partition coefficient (Wildman–Crippen LogP) is 2.67. The van der Waals surface area contributed by atoms with Crippen LogP contribution < -0.4 is 14.8 Å². The number of carbonyl (C=O) groups excluding carboxylic acids is 2. The summed E-state index contributed by atoms with van der Waals surface area (Å²) in [7, 11) is 0. The number of ether oxygens (including phenoxy) is 3. The summed E-state index contributed by atoms with van der Waals surface area (Å²) >= 11 is 0. The topological polar surface area (TPSA) is 86.8 Å². The van der Waals surface area contributed by atoms with E-state index >= 15 is 0 Å². The van der Waals surface area contributed by atoms with Crippen LogP contribution in [-0.4, -0.2) is 36.7 Å². The molecule has 1 amide bonds. The number of nitrogens with zero attached hydrogens (tertiary/aromatic N) is 1. The van der Waals surface area contributed by atoms with E-state index in [9.17, 15) is 9.59 Å². The van der Waals surface area contributed by atoms with Gasteiger partial charge in [-0.1, -0.05) is 12.1 Å². The van der Waals surface area contributed by atoms with Crippen molar-refractivity contribution in [2.24, 2.45) is 0 Å². The lowest BCUT2D eigenvalue weighted by Crippen LogP contribution is -2.21. The van der Waals surface area contributed by atoms with Crippen LogP contribution >= 0.6 is 0 Å². The SMILES string of the molecule is CCOc1ccccc1NC(=O)COC(=O)c1cccnc1OCC. The lowest BCUT2D eigenvalue weighted by atomic mass is 10.3. The molecule has 0 radical (unpaired) electrons. The van der Waals surface area contributed by atoms with Gasteiger partial charge in [-0.25, -0.2) is 9.78 Å². The van der Waals surface area contributed by atoms with Gasteiger partial charge in [-0.2, -0.15) is 0 Å². The maximum absolute atomic E-state index is 12.1. The number of pyridine rings is 1. The Labute approximate surface area is 145 Å². The first-order valence-electron chi connectivity index (χ1n) is 7.92. The molecule has 0 saturated carbocycles. The summed E-state index contributed by atoms with van der Waals surface area (Å²) in [6.07, 6.45) is 1.51. The molecule has 1 heterocycles. The number of hydrogen-bond acceptors (Lipinski definition) is 6. The van der Waals surface area contributed by atoms with Crippen LogP contribution in [-0.2, 0) is 9.53 Å². The van der Waals surface area contributed by atoms with E-state index in [0.717, 1.165) is 0 Å². The molecule has 132 valence electrons. The van der Waals surface area contributed by atoms with Gasteiger partial charge < -0.3 is 19.5 Å². The zero-order chi connectivity index (χ0) is 18.1. The molecule has 2 aromatic rings. The highest BCUT2D eigenvalue weighted by Gasteiger charge is 2.16. The van der Waals surface area contributed by atoms with Gasteiger partial charge in [-0.05, 0) is 38.1 Å². The van der Waals surface area contributed by atoms with Crippen molar-refractivity contribution in [3.05, 3.63) is 48.2 Å². The summed E-state index contributed by atoms with van der Waals surface area (Å²) in [4.78, 5) is 28.1. The Hall–Kier alpha value is -3.09. The van der Waals surface area contributed by atoms with Crippen LogP contribution in [0.25, 0.3) is 0 Å². The number of anilines is 1. The van der Waals surface area contributed by atoms with Gasteiger partial charge in [0.2, 0.25) is 5.88 Å². The van der Waals surface area contributed by atoms with Crippen molar-refractivity contribution in [2.45, 2.75) is 13.8 Å². The number of carbonyl (C=O) groups is 2. The molecule has 1 aromatic carbocycles. The third-order valence-electron chi connectivity index (χ3n) is 3.07. The summed E-state index contributed by atoms with van der Waals surface area (Å²) < 4.78 is 15.7. The zero-order valence-electron chi connectivity index (χ0n) is 14.2. The standard InChI is InChI=1S/C18H20N2O5/c1-3-23-15-10-6-5-9-14(15)20-16(21)12-25-18(22)13-8-7-11-19-17(13)24-4-2/h5-11H,3-4,12H2,1-2H3,(H,20,21). The lowest BCUT2D eigenvalue weighted by Gasteiger charge is -2.12. The zero-order valence-corrected chi connectivity index (χ0v) is 14.2. The Bertz CT molecular complexity index is 733. The van der Waals surface area contributed by atoms with E-state index in [4.69, 9.17) is 14.2 Å². The van der Waals surface area contributed by atoms with Gasteiger partial charge >= 0.3 is 5.97 Å². The van der Waals surface area contributed by atoms with Gasteiger partial charge in [0, 0.05) is 6.20 Å². The van der Waals surface area contributed by atoms with Crippen LogP contribution in [0.5, 0.6) is 11.6 Å². The Morgan fingerprint density at radius 3 is 2.56 bits per heavy atom. The highest BCUT2D eigenvalue weighted by Crippen LogP contribution is 2.23. The molecule has 7 nitrogen and oxygen atoms in total. The van der Waals surface area contributed by atoms with Crippen LogP contribution in [0, 0.1) is 0 Å². The van der Waals surface area contributed by atoms with E-state index in [-0.39, 0.29) is 11.4 Å².